The molecule has 0 aliphatic heterocycles. The molecule has 0 spiro atoms. The summed E-state index contributed by atoms with van der Waals surface area (Å²) in [5.41, 5.74) is 1.74. The van der Waals surface area contributed by atoms with Crippen LogP contribution in [0.25, 0.3) is 11.0 Å². The number of imidazole rings is 1. The third-order valence-electron chi connectivity index (χ3n) is 3.71. The molecule has 0 amide bonds. The van der Waals surface area contributed by atoms with Crippen LogP contribution < -0.4 is 0 Å². The molecule has 2 nitrogen and oxygen atoms in total. The second-order valence-corrected chi connectivity index (χ2v) is 6.38. The van der Waals surface area contributed by atoms with Gasteiger partial charge in [-0.25, -0.2) is 4.39 Å². The van der Waals surface area contributed by atoms with Gasteiger partial charge in [-0.1, -0.05) is 6.92 Å². The average molecular weight is 329 g/mol. The number of aromatic amines is 1. The molecule has 1 saturated carbocycles. The zero-order chi connectivity index (χ0) is 12.9. The van der Waals surface area contributed by atoms with Crippen molar-refractivity contribution in [1.82, 2.24) is 9.55 Å². The first-order valence-corrected chi connectivity index (χ1v) is 7.34. The van der Waals surface area contributed by atoms with E-state index >= 15 is 0 Å². The minimum absolute atomic E-state index is 0.263. The molecule has 1 aliphatic rings. The van der Waals surface area contributed by atoms with Crippen LogP contribution in [0.15, 0.2) is 16.6 Å². The minimum Gasteiger partial charge on any atom is -0.330 e. The largest absolute Gasteiger partial charge is 0.330 e. The van der Waals surface area contributed by atoms with Gasteiger partial charge in [-0.3, -0.25) is 0 Å². The van der Waals surface area contributed by atoms with E-state index in [1.54, 1.807) is 6.07 Å². The fraction of sp³-hybridized carbons (Fsp3) is 0.462. The van der Waals surface area contributed by atoms with Crippen molar-refractivity contribution >= 4 is 39.2 Å². The number of rotatable bonds is 3. The van der Waals surface area contributed by atoms with Crippen molar-refractivity contribution in [3.05, 3.63) is 27.2 Å². The molecule has 1 aliphatic carbocycles. The van der Waals surface area contributed by atoms with Crippen LogP contribution in [0.2, 0.25) is 0 Å². The lowest BCUT2D eigenvalue weighted by Gasteiger charge is -2.11. The maximum absolute atomic E-state index is 13.5. The highest BCUT2D eigenvalue weighted by molar-refractivity contribution is 9.10. The fourth-order valence-electron chi connectivity index (χ4n) is 2.44. The van der Waals surface area contributed by atoms with E-state index in [1.807, 2.05) is 0 Å². The smallest absolute Gasteiger partial charge is 0.178 e. The minimum atomic E-state index is -0.263. The molecule has 0 bridgehead atoms. The Morgan fingerprint density at radius 3 is 2.94 bits per heavy atom. The molecule has 3 rings (SSSR count). The van der Waals surface area contributed by atoms with E-state index in [-0.39, 0.29) is 5.82 Å². The molecule has 5 heteroatoms. The molecule has 0 radical (unpaired) electrons. The van der Waals surface area contributed by atoms with Gasteiger partial charge >= 0.3 is 0 Å². The Morgan fingerprint density at radius 1 is 1.56 bits per heavy atom. The number of benzene rings is 1. The van der Waals surface area contributed by atoms with Crippen molar-refractivity contribution in [2.75, 3.05) is 0 Å². The maximum Gasteiger partial charge on any atom is 0.178 e. The van der Waals surface area contributed by atoms with Gasteiger partial charge < -0.3 is 9.55 Å². The van der Waals surface area contributed by atoms with E-state index < -0.39 is 0 Å². The van der Waals surface area contributed by atoms with Crippen molar-refractivity contribution in [3.63, 3.8) is 0 Å². The second-order valence-electron chi connectivity index (χ2n) is 5.14. The first-order chi connectivity index (χ1) is 8.56. The van der Waals surface area contributed by atoms with Crippen LogP contribution in [0.3, 0.4) is 0 Å². The van der Waals surface area contributed by atoms with Gasteiger partial charge in [0.05, 0.1) is 15.5 Å². The molecule has 1 unspecified atom stereocenters. The number of halogens is 2. The van der Waals surface area contributed by atoms with E-state index in [4.69, 9.17) is 12.2 Å². The summed E-state index contributed by atoms with van der Waals surface area (Å²) in [7, 11) is 0. The normalized spacial score (nSPS) is 17.3. The Bertz CT molecular complexity index is 657. The first-order valence-electron chi connectivity index (χ1n) is 6.14. The van der Waals surface area contributed by atoms with Gasteiger partial charge in [0.15, 0.2) is 4.77 Å². The summed E-state index contributed by atoms with van der Waals surface area (Å²) in [6.07, 6.45) is 2.66. The van der Waals surface area contributed by atoms with Crippen LogP contribution in [0, 0.1) is 22.4 Å². The molecule has 0 saturated heterocycles. The van der Waals surface area contributed by atoms with Crippen LogP contribution in [-0.4, -0.2) is 9.55 Å². The van der Waals surface area contributed by atoms with E-state index in [0.29, 0.717) is 15.2 Å². The van der Waals surface area contributed by atoms with Crippen molar-refractivity contribution in [2.24, 2.45) is 11.8 Å². The standard InChI is InChI=1S/C13H14BrFN2S/c1-7(8-2-3-8)6-17-12-4-9(14)10(15)5-11(12)16-13(17)18/h4-5,7-8H,2-3,6H2,1H3,(H,16,18). The number of fused-ring (bicyclic) bond motifs is 1. The van der Waals surface area contributed by atoms with Crippen molar-refractivity contribution in [1.29, 1.82) is 0 Å². The van der Waals surface area contributed by atoms with Crippen molar-refractivity contribution < 1.29 is 4.39 Å². The third-order valence-corrected chi connectivity index (χ3v) is 4.64. The monoisotopic (exact) mass is 328 g/mol. The molecule has 1 aromatic carbocycles. The Balaban J connectivity index is 2.07. The van der Waals surface area contributed by atoms with E-state index in [1.165, 1.54) is 18.9 Å². The summed E-state index contributed by atoms with van der Waals surface area (Å²) in [6.45, 7) is 3.17. The lowest BCUT2D eigenvalue weighted by Crippen LogP contribution is -2.09. The molecular weight excluding hydrogens is 315 g/mol. The van der Waals surface area contributed by atoms with Gasteiger partial charge in [0.2, 0.25) is 0 Å². The Morgan fingerprint density at radius 2 is 2.28 bits per heavy atom. The van der Waals surface area contributed by atoms with Crippen LogP contribution >= 0.6 is 28.1 Å². The van der Waals surface area contributed by atoms with Crippen LogP contribution in [0.4, 0.5) is 4.39 Å². The lowest BCUT2D eigenvalue weighted by molar-refractivity contribution is 0.434. The predicted molar refractivity (Wildman–Crippen MR) is 76.7 cm³/mol. The number of H-pyrrole nitrogens is 1. The Labute approximate surface area is 118 Å². The maximum atomic E-state index is 13.5. The zero-order valence-electron chi connectivity index (χ0n) is 10.0. The van der Waals surface area contributed by atoms with E-state index in [9.17, 15) is 4.39 Å². The average Bonchev–Trinajstić information content (AvgIpc) is 3.10. The third kappa shape index (κ3) is 2.14. The Kier molecular flexibility index (Phi) is 3.06. The SMILES string of the molecule is CC(Cn1c(=S)[nH]c2cc(F)c(Br)cc21)C1CC1. The molecule has 18 heavy (non-hydrogen) atoms. The first kappa shape index (κ1) is 12.4. The number of aromatic nitrogens is 2. The molecule has 1 fully saturated rings. The number of nitrogens with zero attached hydrogens (tertiary/aromatic N) is 1. The van der Waals surface area contributed by atoms with Crippen LogP contribution in [-0.2, 0) is 6.54 Å². The summed E-state index contributed by atoms with van der Waals surface area (Å²) in [5.74, 6) is 1.20. The highest BCUT2D eigenvalue weighted by Crippen LogP contribution is 2.37. The highest BCUT2D eigenvalue weighted by Gasteiger charge is 2.28. The number of hydrogen-bond acceptors (Lipinski definition) is 1. The van der Waals surface area contributed by atoms with Crippen molar-refractivity contribution in [3.8, 4) is 0 Å². The zero-order valence-corrected chi connectivity index (χ0v) is 12.4. The summed E-state index contributed by atoms with van der Waals surface area (Å²) in [4.78, 5) is 3.08. The van der Waals surface area contributed by atoms with Gasteiger partial charge in [0, 0.05) is 12.6 Å². The summed E-state index contributed by atoms with van der Waals surface area (Å²) in [5, 5.41) is 0. The van der Waals surface area contributed by atoms with Crippen molar-refractivity contribution in [2.45, 2.75) is 26.3 Å². The number of hydrogen-bond donors (Lipinski definition) is 1. The van der Waals surface area contributed by atoms with Gasteiger partial charge in [0.1, 0.15) is 5.82 Å². The topological polar surface area (TPSA) is 20.7 Å². The quantitative estimate of drug-likeness (QED) is 0.813. The molecular formula is C13H14BrFN2S. The molecule has 96 valence electrons. The van der Waals surface area contributed by atoms with Gasteiger partial charge in [-0.15, -0.1) is 0 Å². The fourth-order valence-corrected chi connectivity index (χ4v) is 3.05. The highest BCUT2D eigenvalue weighted by atomic mass is 79.9. The molecule has 1 atom stereocenters. The van der Waals surface area contributed by atoms with Crippen LogP contribution in [0.1, 0.15) is 19.8 Å². The number of nitrogens with one attached hydrogen (secondary N) is 1. The lowest BCUT2D eigenvalue weighted by atomic mass is 10.1. The van der Waals surface area contributed by atoms with Gasteiger partial charge in [-0.2, -0.15) is 0 Å². The van der Waals surface area contributed by atoms with E-state index in [2.05, 4.69) is 32.4 Å². The van der Waals surface area contributed by atoms with Crippen LogP contribution in [0.5, 0.6) is 0 Å². The van der Waals surface area contributed by atoms with E-state index in [0.717, 1.165) is 23.5 Å². The summed E-state index contributed by atoms with van der Waals surface area (Å²) in [6, 6.07) is 3.30. The molecule has 1 aromatic heterocycles. The van der Waals surface area contributed by atoms with Gasteiger partial charge in [-0.05, 0) is 58.9 Å². The Hall–Kier alpha value is -0.680. The predicted octanol–water partition coefficient (Wildman–Crippen LogP) is 4.65. The van der Waals surface area contributed by atoms with Gasteiger partial charge in [0.25, 0.3) is 0 Å². The summed E-state index contributed by atoms with van der Waals surface area (Å²) >= 11 is 8.57. The summed E-state index contributed by atoms with van der Waals surface area (Å²) < 4.78 is 16.7. The molecule has 1 heterocycles. The molecule has 2 aromatic rings. The molecule has 1 N–H and O–H groups in total. The second kappa shape index (κ2) is 4.46.